The molecule has 0 aromatic rings. The Bertz CT molecular complexity index is 227. The molecule has 0 fully saturated rings. The highest BCUT2D eigenvalue weighted by atomic mass is 32.1. The zero-order chi connectivity index (χ0) is 11.9. The Morgan fingerprint density at radius 1 is 1.40 bits per heavy atom. The largest absolute Gasteiger partial charge is 0.391 e. The summed E-state index contributed by atoms with van der Waals surface area (Å²) in [6.07, 6.45) is 1.38. The van der Waals surface area contributed by atoms with E-state index in [1.165, 1.54) is 0 Å². The van der Waals surface area contributed by atoms with Crippen molar-refractivity contribution in [1.82, 2.24) is 5.32 Å². The van der Waals surface area contributed by atoms with Crippen molar-refractivity contribution in [2.45, 2.75) is 39.2 Å². The van der Waals surface area contributed by atoms with Gasteiger partial charge in [0.1, 0.15) is 6.61 Å². The molecule has 1 amide bonds. The van der Waals surface area contributed by atoms with Crippen LogP contribution in [0.2, 0.25) is 0 Å². The van der Waals surface area contributed by atoms with Crippen LogP contribution in [0.3, 0.4) is 0 Å². The van der Waals surface area contributed by atoms with Gasteiger partial charge in [-0.15, -0.1) is 0 Å². The molecule has 5 heteroatoms. The minimum absolute atomic E-state index is 0.0564. The second kappa shape index (κ2) is 6.74. The first-order chi connectivity index (χ1) is 7.02. The molecule has 0 aromatic carbocycles. The number of carbonyl (C=O) groups excluding carboxylic acids is 1. The number of amides is 1. The van der Waals surface area contributed by atoms with Gasteiger partial charge in [-0.05, 0) is 19.8 Å². The topological polar surface area (TPSA) is 64.3 Å². The zero-order valence-electron chi connectivity index (χ0n) is 9.63. The standard InChI is InChI=1S/C10H20N2O2S/c1-4-10(5-2,9(11)15)12-8(13)7-14-6-3/h4-7H2,1-3H3,(H2,11,15)(H,12,13). The number of thiocarbonyl (C=S) groups is 1. The van der Waals surface area contributed by atoms with Gasteiger partial charge in [0.2, 0.25) is 5.91 Å². The molecule has 0 rings (SSSR count). The van der Waals surface area contributed by atoms with Crippen molar-refractivity contribution in [3.05, 3.63) is 0 Å². The summed E-state index contributed by atoms with van der Waals surface area (Å²) in [7, 11) is 0. The van der Waals surface area contributed by atoms with Crippen LogP contribution in [-0.2, 0) is 9.53 Å². The molecule has 0 unspecified atom stereocenters. The van der Waals surface area contributed by atoms with Crippen LogP contribution in [0.15, 0.2) is 0 Å². The molecule has 0 bridgehead atoms. The Balaban J connectivity index is 4.40. The Morgan fingerprint density at radius 3 is 2.27 bits per heavy atom. The van der Waals surface area contributed by atoms with Crippen LogP contribution in [0.4, 0.5) is 0 Å². The molecule has 0 saturated heterocycles. The molecular weight excluding hydrogens is 212 g/mol. The molecule has 0 aromatic heterocycles. The molecule has 0 atom stereocenters. The summed E-state index contributed by atoms with van der Waals surface area (Å²) in [5, 5.41) is 2.83. The number of rotatable bonds is 7. The van der Waals surface area contributed by atoms with Gasteiger partial charge in [0.05, 0.1) is 10.5 Å². The third kappa shape index (κ3) is 4.13. The number of hydrogen-bond acceptors (Lipinski definition) is 3. The summed E-state index contributed by atoms with van der Waals surface area (Å²) < 4.78 is 5.01. The molecule has 0 radical (unpaired) electrons. The van der Waals surface area contributed by atoms with Crippen molar-refractivity contribution in [3.63, 3.8) is 0 Å². The van der Waals surface area contributed by atoms with Crippen molar-refractivity contribution in [3.8, 4) is 0 Å². The van der Waals surface area contributed by atoms with Crippen molar-refractivity contribution in [2.75, 3.05) is 13.2 Å². The molecule has 15 heavy (non-hydrogen) atoms. The quantitative estimate of drug-likeness (QED) is 0.642. The van der Waals surface area contributed by atoms with Gasteiger partial charge < -0.3 is 15.8 Å². The fourth-order valence-corrected chi connectivity index (χ4v) is 1.67. The van der Waals surface area contributed by atoms with Crippen LogP contribution in [-0.4, -0.2) is 29.6 Å². The van der Waals surface area contributed by atoms with Crippen LogP contribution in [0, 0.1) is 0 Å². The summed E-state index contributed by atoms with van der Waals surface area (Å²) >= 11 is 4.98. The lowest BCUT2D eigenvalue weighted by Crippen LogP contribution is -2.56. The van der Waals surface area contributed by atoms with Crippen molar-refractivity contribution < 1.29 is 9.53 Å². The number of carbonyl (C=O) groups is 1. The molecule has 0 saturated carbocycles. The van der Waals surface area contributed by atoms with E-state index in [1.54, 1.807) is 0 Å². The number of nitrogens with one attached hydrogen (secondary N) is 1. The minimum atomic E-state index is -0.566. The van der Waals surface area contributed by atoms with Gasteiger partial charge in [0.15, 0.2) is 0 Å². The Labute approximate surface area is 96.5 Å². The first kappa shape index (κ1) is 14.3. The van der Waals surface area contributed by atoms with E-state index >= 15 is 0 Å². The minimum Gasteiger partial charge on any atom is -0.391 e. The second-order valence-electron chi connectivity index (χ2n) is 3.34. The smallest absolute Gasteiger partial charge is 0.246 e. The van der Waals surface area contributed by atoms with E-state index in [2.05, 4.69) is 5.32 Å². The average Bonchev–Trinajstić information content (AvgIpc) is 2.22. The van der Waals surface area contributed by atoms with Crippen LogP contribution in [0.1, 0.15) is 33.6 Å². The van der Waals surface area contributed by atoms with Crippen LogP contribution in [0.5, 0.6) is 0 Å². The summed E-state index contributed by atoms with van der Waals surface area (Å²) in [5.74, 6) is -0.173. The maximum Gasteiger partial charge on any atom is 0.246 e. The van der Waals surface area contributed by atoms with E-state index < -0.39 is 5.54 Å². The summed E-state index contributed by atoms with van der Waals surface area (Å²) in [4.78, 5) is 11.8. The number of hydrogen-bond donors (Lipinski definition) is 2. The predicted molar refractivity (Wildman–Crippen MR) is 64.7 cm³/mol. The van der Waals surface area contributed by atoms with E-state index in [4.69, 9.17) is 22.7 Å². The highest BCUT2D eigenvalue weighted by Gasteiger charge is 2.31. The number of nitrogens with two attached hydrogens (primary N) is 1. The first-order valence-electron chi connectivity index (χ1n) is 5.21. The van der Waals surface area contributed by atoms with Crippen molar-refractivity contribution >= 4 is 23.1 Å². The molecule has 0 aliphatic rings. The fraction of sp³-hybridized carbons (Fsp3) is 0.800. The molecule has 0 spiro atoms. The molecule has 4 nitrogen and oxygen atoms in total. The highest BCUT2D eigenvalue weighted by Crippen LogP contribution is 2.15. The lowest BCUT2D eigenvalue weighted by Gasteiger charge is -2.31. The molecular formula is C10H20N2O2S. The van der Waals surface area contributed by atoms with Gasteiger partial charge in [-0.25, -0.2) is 0 Å². The second-order valence-corrected chi connectivity index (χ2v) is 3.78. The first-order valence-corrected chi connectivity index (χ1v) is 5.61. The maximum atomic E-state index is 11.5. The molecule has 0 aliphatic carbocycles. The van der Waals surface area contributed by atoms with Gasteiger partial charge in [0, 0.05) is 6.61 Å². The van der Waals surface area contributed by atoms with E-state index in [1.807, 2.05) is 20.8 Å². The Morgan fingerprint density at radius 2 is 1.93 bits per heavy atom. The summed E-state index contributed by atoms with van der Waals surface area (Å²) in [6.45, 7) is 6.31. The van der Waals surface area contributed by atoms with Gasteiger partial charge >= 0.3 is 0 Å². The molecule has 3 N–H and O–H groups in total. The Hall–Kier alpha value is -0.680. The van der Waals surface area contributed by atoms with Crippen LogP contribution >= 0.6 is 12.2 Å². The monoisotopic (exact) mass is 232 g/mol. The van der Waals surface area contributed by atoms with E-state index in [-0.39, 0.29) is 12.5 Å². The third-order valence-corrected chi connectivity index (χ3v) is 2.89. The summed E-state index contributed by atoms with van der Waals surface area (Å²) in [5.41, 5.74) is 5.08. The van der Waals surface area contributed by atoms with Crippen LogP contribution in [0.25, 0.3) is 0 Å². The lowest BCUT2D eigenvalue weighted by atomic mass is 9.93. The molecule has 88 valence electrons. The predicted octanol–water partition coefficient (Wildman–Crippen LogP) is 0.984. The van der Waals surface area contributed by atoms with Gasteiger partial charge in [-0.3, -0.25) is 4.79 Å². The SMILES string of the molecule is CCOCC(=O)NC(CC)(CC)C(N)=S. The zero-order valence-corrected chi connectivity index (χ0v) is 10.4. The average molecular weight is 232 g/mol. The van der Waals surface area contributed by atoms with Crippen molar-refractivity contribution in [2.24, 2.45) is 5.73 Å². The fourth-order valence-electron chi connectivity index (χ4n) is 1.33. The van der Waals surface area contributed by atoms with E-state index in [0.29, 0.717) is 24.4 Å². The van der Waals surface area contributed by atoms with E-state index in [0.717, 1.165) is 0 Å². The number of ether oxygens (including phenoxy) is 1. The molecule has 0 aliphatic heterocycles. The van der Waals surface area contributed by atoms with Gasteiger partial charge in [-0.2, -0.15) is 0 Å². The third-order valence-electron chi connectivity index (χ3n) is 2.49. The normalized spacial score (nSPS) is 11.1. The van der Waals surface area contributed by atoms with Crippen molar-refractivity contribution in [1.29, 1.82) is 0 Å². The lowest BCUT2D eigenvalue weighted by molar-refractivity contribution is -0.126. The van der Waals surface area contributed by atoms with E-state index in [9.17, 15) is 4.79 Å². The summed E-state index contributed by atoms with van der Waals surface area (Å²) in [6, 6.07) is 0. The maximum absolute atomic E-state index is 11.5. The van der Waals surface area contributed by atoms with Crippen LogP contribution < -0.4 is 11.1 Å². The highest BCUT2D eigenvalue weighted by molar-refractivity contribution is 7.80. The molecule has 0 heterocycles. The van der Waals surface area contributed by atoms with Gasteiger partial charge in [0.25, 0.3) is 0 Å². The Kier molecular flexibility index (Phi) is 6.43. The van der Waals surface area contributed by atoms with Gasteiger partial charge in [-0.1, -0.05) is 26.1 Å².